The van der Waals surface area contributed by atoms with Crippen molar-refractivity contribution in [3.63, 3.8) is 0 Å². The van der Waals surface area contributed by atoms with Crippen LogP contribution in [-0.4, -0.2) is 29.8 Å². The van der Waals surface area contributed by atoms with Crippen molar-refractivity contribution in [2.24, 2.45) is 0 Å². The van der Waals surface area contributed by atoms with Crippen molar-refractivity contribution >= 4 is 12.1 Å². The van der Waals surface area contributed by atoms with Crippen molar-refractivity contribution < 1.29 is 24.2 Å². The highest BCUT2D eigenvalue weighted by Gasteiger charge is 2.24. The van der Waals surface area contributed by atoms with E-state index in [4.69, 9.17) is 9.47 Å². The van der Waals surface area contributed by atoms with Crippen LogP contribution in [0.15, 0.2) is 91.0 Å². The fraction of sp³-hybridized carbons (Fsp3) is 0.167. The molecular formula is C24H23NO5. The summed E-state index contributed by atoms with van der Waals surface area (Å²) in [6.07, 6.45) is -2.92. The van der Waals surface area contributed by atoms with Gasteiger partial charge in [0.05, 0.1) is 6.54 Å². The molecule has 0 heterocycles. The highest BCUT2D eigenvalue weighted by Crippen LogP contribution is 2.26. The number of amides is 1. The van der Waals surface area contributed by atoms with Crippen molar-refractivity contribution in [3.8, 4) is 0 Å². The third-order valence-electron chi connectivity index (χ3n) is 4.36. The van der Waals surface area contributed by atoms with E-state index in [0.717, 1.165) is 16.7 Å². The minimum atomic E-state index is -1.52. The number of aliphatic hydroxyl groups excluding tert-OH is 1. The molecule has 6 nitrogen and oxygen atoms in total. The summed E-state index contributed by atoms with van der Waals surface area (Å²) in [6, 6.07) is 27.7. The first-order chi connectivity index (χ1) is 14.6. The van der Waals surface area contributed by atoms with Crippen molar-refractivity contribution in [2.45, 2.75) is 18.8 Å². The molecule has 3 aromatic rings. The number of ether oxygens (including phenoxy) is 2. The smallest absolute Gasteiger partial charge is 0.407 e. The van der Waals surface area contributed by atoms with Crippen LogP contribution >= 0.6 is 0 Å². The number of alkyl carbamates (subject to hydrolysis) is 1. The number of carbonyl (C=O) groups excluding carboxylic acids is 2. The number of benzene rings is 3. The van der Waals surface area contributed by atoms with Crippen LogP contribution < -0.4 is 5.32 Å². The van der Waals surface area contributed by atoms with Gasteiger partial charge in [0.1, 0.15) is 6.61 Å². The first kappa shape index (κ1) is 21.1. The summed E-state index contributed by atoms with van der Waals surface area (Å²) < 4.78 is 10.6. The van der Waals surface area contributed by atoms with Crippen LogP contribution in [0.4, 0.5) is 4.79 Å². The van der Waals surface area contributed by atoms with Gasteiger partial charge in [-0.2, -0.15) is 0 Å². The molecule has 6 heteroatoms. The van der Waals surface area contributed by atoms with Crippen LogP contribution in [-0.2, 0) is 20.9 Å². The second-order valence-corrected chi connectivity index (χ2v) is 6.60. The Bertz CT molecular complexity index is 892. The van der Waals surface area contributed by atoms with E-state index in [9.17, 15) is 14.7 Å². The lowest BCUT2D eigenvalue weighted by molar-refractivity contribution is -0.157. The summed E-state index contributed by atoms with van der Waals surface area (Å²) in [5, 5.41) is 12.5. The summed E-state index contributed by atoms with van der Waals surface area (Å²) in [6.45, 7) is -0.222. The molecule has 0 aliphatic carbocycles. The Hall–Kier alpha value is -3.64. The standard InChI is InChI=1S/C24H23NO5/c26-21(16-25-24(28)29-17-18-10-4-1-5-11-18)23(27)30-22(19-12-6-2-7-13-19)20-14-8-3-9-15-20/h1-15,21-22,26H,16-17H2,(H,25,28)/t21-/m0/s1. The third-order valence-corrected chi connectivity index (χ3v) is 4.36. The average Bonchev–Trinajstić information content (AvgIpc) is 2.81. The SMILES string of the molecule is O=C(NC[C@H](O)C(=O)OC(c1ccccc1)c1ccccc1)OCc1ccccc1. The quantitative estimate of drug-likeness (QED) is 0.560. The van der Waals surface area contributed by atoms with Crippen molar-refractivity contribution in [2.75, 3.05) is 6.54 Å². The van der Waals surface area contributed by atoms with E-state index in [1.807, 2.05) is 91.0 Å². The number of esters is 1. The molecular weight excluding hydrogens is 382 g/mol. The molecule has 154 valence electrons. The molecule has 1 atom stereocenters. The lowest BCUT2D eigenvalue weighted by Crippen LogP contribution is -2.38. The monoisotopic (exact) mass is 405 g/mol. The average molecular weight is 405 g/mol. The molecule has 0 spiro atoms. The molecule has 0 fully saturated rings. The van der Waals surface area contributed by atoms with Gasteiger partial charge in [-0.25, -0.2) is 9.59 Å². The highest BCUT2D eigenvalue weighted by atomic mass is 16.6. The Morgan fingerprint density at radius 1 is 0.800 bits per heavy atom. The molecule has 2 N–H and O–H groups in total. The van der Waals surface area contributed by atoms with Gasteiger partial charge in [0.25, 0.3) is 0 Å². The number of carbonyl (C=O) groups is 2. The fourth-order valence-electron chi connectivity index (χ4n) is 2.82. The van der Waals surface area contributed by atoms with Gasteiger partial charge in [0.15, 0.2) is 12.2 Å². The van der Waals surface area contributed by atoms with E-state index in [0.29, 0.717) is 0 Å². The van der Waals surface area contributed by atoms with Gasteiger partial charge in [-0.05, 0) is 16.7 Å². The summed E-state index contributed by atoms with van der Waals surface area (Å²) in [5.74, 6) is -0.837. The summed E-state index contributed by atoms with van der Waals surface area (Å²) >= 11 is 0. The molecule has 0 unspecified atom stereocenters. The predicted molar refractivity (Wildman–Crippen MR) is 111 cm³/mol. The molecule has 0 aliphatic heterocycles. The Morgan fingerprint density at radius 2 is 1.30 bits per heavy atom. The molecule has 0 aliphatic rings. The second kappa shape index (κ2) is 10.8. The maximum atomic E-state index is 12.4. The van der Waals surface area contributed by atoms with Gasteiger partial charge in [-0.15, -0.1) is 0 Å². The molecule has 0 bridgehead atoms. The van der Waals surface area contributed by atoms with Crippen LogP contribution in [0.2, 0.25) is 0 Å². The number of aliphatic hydroxyl groups is 1. The maximum Gasteiger partial charge on any atom is 0.407 e. The summed E-state index contributed by atoms with van der Waals surface area (Å²) in [4.78, 5) is 24.2. The largest absolute Gasteiger partial charge is 0.451 e. The van der Waals surface area contributed by atoms with Crippen LogP contribution in [0.1, 0.15) is 22.8 Å². The van der Waals surface area contributed by atoms with Gasteiger partial charge in [0, 0.05) is 0 Å². The fourth-order valence-corrected chi connectivity index (χ4v) is 2.82. The minimum Gasteiger partial charge on any atom is -0.451 e. The molecule has 3 aromatic carbocycles. The molecule has 30 heavy (non-hydrogen) atoms. The third kappa shape index (κ3) is 6.18. The number of rotatable bonds is 8. The van der Waals surface area contributed by atoms with Gasteiger partial charge in [-0.1, -0.05) is 91.0 Å². The lowest BCUT2D eigenvalue weighted by Gasteiger charge is -2.21. The zero-order chi connectivity index (χ0) is 21.2. The summed E-state index contributed by atoms with van der Waals surface area (Å²) in [5.41, 5.74) is 2.39. The van der Waals surface area contributed by atoms with E-state index in [1.54, 1.807) is 0 Å². The Kier molecular flexibility index (Phi) is 7.58. The van der Waals surface area contributed by atoms with Crippen LogP contribution in [0.5, 0.6) is 0 Å². The number of nitrogens with one attached hydrogen (secondary N) is 1. The van der Waals surface area contributed by atoms with Crippen molar-refractivity contribution in [1.82, 2.24) is 5.32 Å². The molecule has 1 amide bonds. The van der Waals surface area contributed by atoms with Crippen LogP contribution in [0, 0.1) is 0 Å². The maximum absolute atomic E-state index is 12.4. The van der Waals surface area contributed by atoms with E-state index in [-0.39, 0.29) is 13.2 Å². The number of hydrogen-bond donors (Lipinski definition) is 2. The topological polar surface area (TPSA) is 84.9 Å². The first-order valence-corrected chi connectivity index (χ1v) is 9.56. The normalized spacial score (nSPS) is 11.5. The van der Waals surface area contributed by atoms with Crippen molar-refractivity contribution in [1.29, 1.82) is 0 Å². The van der Waals surface area contributed by atoms with Gasteiger partial charge >= 0.3 is 12.1 Å². The Labute approximate surface area is 175 Å². The van der Waals surface area contributed by atoms with Gasteiger partial charge in [-0.3, -0.25) is 0 Å². The summed E-state index contributed by atoms with van der Waals surface area (Å²) in [7, 11) is 0. The second-order valence-electron chi connectivity index (χ2n) is 6.60. The van der Waals surface area contributed by atoms with E-state index >= 15 is 0 Å². The van der Waals surface area contributed by atoms with E-state index < -0.39 is 24.3 Å². The molecule has 0 saturated heterocycles. The molecule has 3 rings (SSSR count). The number of hydrogen-bond acceptors (Lipinski definition) is 5. The van der Waals surface area contributed by atoms with Gasteiger partial charge in [0.2, 0.25) is 0 Å². The first-order valence-electron chi connectivity index (χ1n) is 9.56. The Morgan fingerprint density at radius 3 is 1.83 bits per heavy atom. The van der Waals surface area contributed by atoms with Crippen molar-refractivity contribution in [3.05, 3.63) is 108 Å². The van der Waals surface area contributed by atoms with E-state index in [1.165, 1.54) is 0 Å². The molecule has 0 radical (unpaired) electrons. The van der Waals surface area contributed by atoms with Crippen LogP contribution in [0.3, 0.4) is 0 Å². The van der Waals surface area contributed by atoms with E-state index in [2.05, 4.69) is 5.32 Å². The lowest BCUT2D eigenvalue weighted by atomic mass is 10.0. The Balaban J connectivity index is 1.54. The zero-order valence-electron chi connectivity index (χ0n) is 16.3. The predicted octanol–water partition coefficient (Wildman–Crippen LogP) is 3.61. The van der Waals surface area contributed by atoms with Gasteiger partial charge < -0.3 is 19.9 Å². The zero-order valence-corrected chi connectivity index (χ0v) is 16.3. The van der Waals surface area contributed by atoms with Crippen LogP contribution in [0.25, 0.3) is 0 Å². The molecule has 0 saturated carbocycles. The minimum absolute atomic E-state index is 0.0945. The highest BCUT2D eigenvalue weighted by molar-refractivity contribution is 5.76. The molecule has 0 aromatic heterocycles.